The Bertz CT molecular complexity index is 442. The molecule has 0 spiro atoms. The molecule has 4 heteroatoms. The van der Waals surface area contributed by atoms with Gasteiger partial charge >= 0.3 is 0 Å². The Morgan fingerprint density at radius 3 is 2.45 bits per heavy atom. The number of piperidine rings is 1. The highest BCUT2D eigenvalue weighted by molar-refractivity contribution is 6.33. The Hall–Kier alpha value is -0.770. The summed E-state index contributed by atoms with van der Waals surface area (Å²) in [5, 5.41) is 13.7. The van der Waals surface area contributed by atoms with Gasteiger partial charge in [-0.1, -0.05) is 17.7 Å². The first-order chi connectivity index (χ1) is 9.52. The zero-order valence-corrected chi connectivity index (χ0v) is 13.3. The zero-order valence-electron chi connectivity index (χ0n) is 12.6. The van der Waals surface area contributed by atoms with Gasteiger partial charge in [-0.2, -0.15) is 0 Å². The fourth-order valence-electron chi connectivity index (χ4n) is 2.84. The summed E-state index contributed by atoms with van der Waals surface area (Å²) in [6.07, 6.45) is 1.86. The topological polar surface area (TPSA) is 35.5 Å². The fourth-order valence-corrected chi connectivity index (χ4v) is 3.15. The summed E-state index contributed by atoms with van der Waals surface area (Å²) in [5.74, 6) is 0.425. The third-order valence-electron chi connectivity index (χ3n) is 4.47. The van der Waals surface area contributed by atoms with E-state index in [0.717, 1.165) is 36.6 Å². The van der Waals surface area contributed by atoms with Crippen LogP contribution in [0, 0.1) is 5.92 Å². The first-order valence-electron chi connectivity index (χ1n) is 7.42. The molecule has 1 aromatic rings. The predicted octanol–water partition coefficient (Wildman–Crippen LogP) is 3.22. The SMILES string of the molecule is CNC(C)c1ccc(N2CCC(C(C)O)CC2)c(Cl)c1. The van der Waals surface area contributed by atoms with Gasteiger partial charge in [0, 0.05) is 19.1 Å². The molecule has 3 nitrogen and oxygen atoms in total. The van der Waals surface area contributed by atoms with Crippen molar-refractivity contribution in [1.82, 2.24) is 5.32 Å². The lowest BCUT2D eigenvalue weighted by Crippen LogP contribution is -2.37. The maximum absolute atomic E-state index is 9.66. The highest BCUT2D eigenvalue weighted by atomic mass is 35.5. The zero-order chi connectivity index (χ0) is 14.7. The molecule has 2 atom stereocenters. The van der Waals surface area contributed by atoms with Gasteiger partial charge < -0.3 is 15.3 Å². The average molecular weight is 297 g/mol. The number of anilines is 1. The lowest BCUT2D eigenvalue weighted by molar-refractivity contribution is 0.110. The van der Waals surface area contributed by atoms with Crippen LogP contribution in [0.1, 0.15) is 38.3 Å². The molecule has 1 fully saturated rings. The van der Waals surface area contributed by atoms with E-state index < -0.39 is 0 Å². The summed E-state index contributed by atoms with van der Waals surface area (Å²) >= 11 is 6.44. The predicted molar refractivity (Wildman–Crippen MR) is 85.5 cm³/mol. The largest absolute Gasteiger partial charge is 0.393 e. The molecule has 0 aliphatic carbocycles. The monoisotopic (exact) mass is 296 g/mol. The van der Waals surface area contributed by atoms with Gasteiger partial charge in [0.05, 0.1) is 16.8 Å². The van der Waals surface area contributed by atoms with E-state index in [2.05, 4.69) is 35.3 Å². The second-order valence-electron chi connectivity index (χ2n) is 5.79. The normalized spacial score (nSPS) is 19.9. The van der Waals surface area contributed by atoms with E-state index in [4.69, 9.17) is 11.6 Å². The van der Waals surface area contributed by atoms with Crippen LogP contribution in [0.25, 0.3) is 0 Å². The third-order valence-corrected chi connectivity index (χ3v) is 4.77. The van der Waals surface area contributed by atoms with Crippen LogP contribution >= 0.6 is 11.6 Å². The number of aliphatic hydroxyl groups excluding tert-OH is 1. The summed E-state index contributed by atoms with van der Waals surface area (Å²) in [7, 11) is 1.95. The smallest absolute Gasteiger partial charge is 0.0642 e. The molecule has 2 rings (SSSR count). The number of nitrogens with one attached hydrogen (secondary N) is 1. The van der Waals surface area contributed by atoms with Crippen LogP contribution in [0.2, 0.25) is 5.02 Å². The van der Waals surface area contributed by atoms with Gasteiger partial charge in [-0.05, 0) is 57.4 Å². The van der Waals surface area contributed by atoms with Crippen LogP contribution in [0.5, 0.6) is 0 Å². The number of benzene rings is 1. The van der Waals surface area contributed by atoms with Crippen molar-refractivity contribution in [3.63, 3.8) is 0 Å². The van der Waals surface area contributed by atoms with Gasteiger partial charge in [0.2, 0.25) is 0 Å². The number of halogens is 1. The number of rotatable bonds is 4. The van der Waals surface area contributed by atoms with Crippen LogP contribution in [0.4, 0.5) is 5.69 Å². The average Bonchev–Trinajstić information content (AvgIpc) is 2.46. The molecule has 0 amide bonds. The van der Waals surface area contributed by atoms with E-state index in [1.807, 2.05) is 14.0 Å². The Balaban J connectivity index is 2.07. The summed E-state index contributed by atoms with van der Waals surface area (Å²) in [5.41, 5.74) is 2.32. The van der Waals surface area contributed by atoms with Crippen molar-refractivity contribution in [2.45, 2.75) is 38.8 Å². The Labute approximate surface area is 126 Å². The Morgan fingerprint density at radius 1 is 1.30 bits per heavy atom. The van der Waals surface area contributed by atoms with Crippen molar-refractivity contribution in [1.29, 1.82) is 0 Å². The number of hydrogen-bond donors (Lipinski definition) is 2. The summed E-state index contributed by atoms with van der Waals surface area (Å²) in [4.78, 5) is 2.33. The fraction of sp³-hybridized carbons (Fsp3) is 0.625. The molecule has 20 heavy (non-hydrogen) atoms. The van der Waals surface area contributed by atoms with E-state index in [1.165, 1.54) is 5.56 Å². The maximum atomic E-state index is 9.66. The van der Waals surface area contributed by atoms with Crippen molar-refractivity contribution < 1.29 is 5.11 Å². The number of hydrogen-bond acceptors (Lipinski definition) is 3. The van der Waals surface area contributed by atoms with Crippen LogP contribution in [0.15, 0.2) is 18.2 Å². The molecule has 0 radical (unpaired) electrons. The van der Waals surface area contributed by atoms with Crippen molar-refractivity contribution in [3.8, 4) is 0 Å². The van der Waals surface area contributed by atoms with E-state index in [1.54, 1.807) is 0 Å². The quantitative estimate of drug-likeness (QED) is 0.895. The molecule has 1 aromatic carbocycles. The maximum Gasteiger partial charge on any atom is 0.0642 e. The van der Waals surface area contributed by atoms with Crippen LogP contribution in [-0.4, -0.2) is 31.3 Å². The van der Waals surface area contributed by atoms with Crippen LogP contribution in [0.3, 0.4) is 0 Å². The van der Waals surface area contributed by atoms with E-state index >= 15 is 0 Å². The third kappa shape index (κ3) is 3.46. The summed E-state index contributed by atoms with van der Waals surface area (Å²) in [6.45, 7) is 5.95. The van der Waals surface area contributed by atoms with Gasteiger partial charge in [-0.25, -0.2) is 0 Å². The highest BCUT2D eigenvalue weighted by Crippen LogP contribution is 2.32. The van der Waals surface area contributed by atoms with Crippen LogP contribution < -0.4 is 10.2 Å². The number of nitrogens with zero attached hydrogens (tertiary/aromatic N) is 1. The summed E-state index contributed by atoms with van der Waals surface area (Å²) in [6, 6.07) is 6.62. The van der Waals surface area contributed by atoms with Crippen molar-refractivity contribution in [3.05, 3.63) is 28.8 Å². The first kappa shape index (κ1) is 15.6. The van der Waals surface area contributed by atoms with Crippen LogP contribution in [-0.2, 0) is 0 Å². The van der Waals surface area contributed by atoms with Gasteiger partial charge in [-0.15, -0.1) is 0 Å². The van der Waals surface area contributed by atoms with Crippen molar-refractivity contribution in [2.75, 3.05) is 25.0 Å². The minimum atomic E-state index is -0.202. The Morgan fingerprint density at radius 2 is 1.95 bits per heavy atom. The molecule has 1 heterocycles. The standard InChI is InChI=1S/C16H25ClN2O/c1-11(18-3)14-4-5-16(15(17)10-14)19-8-6-13(7-9-19)12(2)20/h4-5,10-13,18,20H,6-9H2,1-3H3. The molecule has 0 aromatic heterocycles. The van der Waals surface area contributed by atoms with Gasteiger partial charge in [-0.3, -0.25) is 0 Å². The second-order valence-corrected chi connectivity index (χ2v) is 6.19. The Kier molecular flexibility index (Phi) is 5.30. The highest BCUT2D eigenvalue weighted by Gasteiger charge is 2.23. The molecule has 0 bridgehead atoms. The molecular weight excluding hydrogens is 272 g/mol. The number of aliphatic hydroxyl groups is 1. The van der Waals surface area contributed by atoms with Crippen molar-refractivity contribution in [2.24, 2.45) is 5.92 Å². The van der Waals surface area contributed by atoms with Gasteiger partial charge in [0.25, 0.3) is 0 Å². The lowest BCUT2D eigenvalue weighted by Gasteiger charge is -2.35. The molecular formula is C16H25ClN2O. The first-order valence-corrected chi connectivity index (χ1v) is 7.80. The molecule has 1 aliphatic rings. The molecule has 112 valence electrons. The van der Waals surface area contributed by atoms with Crippen molar-refractivity contribution >= 4 is 17.3 Å². The van der Waals surface area contributed by atoms with Gasteiger partial charge in [0.15, 0.2) is 0 Å². The molecule has 1 aliphatic heterocycles. The van der Waals surface area contributed by atoms with E-state index in [9.17, 15) is 5.11 Å². The molecule has 2 N–H and O–H groups in total. The van der Waals surface area contributed by atoms with Gasteiger partial charge in [0.1, 0.15) is 0 Å². The molecule has 2 unspecified atom stereocenters. The molecule has 1 saturated heterocycles. The minimum Gasteiger partial charge on any atom is -0.393 e. The lowest BCUT2D eigenvalue weighted by atomic mass is 9.92. The van der Waals surface area contributed by atoms with E-state index in [-0.39, 0.29) is 6.10 Å². The summed E-state index contributed by atoms with van der Waals surface area (Å²) < 4.78 is 0. The van der Waals surface area contributed by atoms with E-state index in [0.29, 0.717) is 12.0 Å². The second kappa shape index (κ2) is 6.79. The minimum absolute atomic E-state index is 0.202. The molecule has 0 saturated carbocycles.